The van der Waals surface area contributed by atoms with Crippen LogP contribution in [0.4, 0.5) is 0 Å². The third-order valence-corrected chi connectivity index (χ3v) is 6.27. The second kappa shape index (κ2) is 5.36. The molecule has 2 aliphatic carbocycles. The number of ether oxygens (including phenoxy) is 1. The van der Waals surface area contributed by atoms with E-state index in [-0.39, 0.29) is 0 Å². The minimum atomic E-state index is 0.362. The van der Waals surface area contributed by atoms with Gasteiger partial charge in [0.25, 0.3) is 0 Å². The molecular formula is C18H24BrNO. The molecule has 114 valence electrons. The zero-order chi connectivity index (χ0) is 14.3. The molecule has 1 N–H and O–H groups in total. The highest BCUT2D eigenvalue weighted by molar-refractivity contribution is 9.10. The summed E-state index contributed by atoms with van der Waals surface area (Å²) >= 11 is 3.56. The van der Waals surface area contributed by atoms with Crippen molar-refractivity contribution in [3.8, 4) is 0 Å². The minimum absolute atomic E-state index is 0.362. The van der Waals surface area contributed by atoms with E-state index in [1.54, 1.807) is 0 Å². The van der Waals surface area contributed by atoms with Crippen LogP contribution in [0.5, 0.6) is 0 Å². The second-order valence-corrected chi connectivity index (χ2v) is 8.32. The van der Waals surface area contributed by atoms with Gasteiger partial charge in [0.1, 0.15) is 0 Å². The lowest BCUT2D eigenvalue weighted by molar-refractivity contribution is -0.0738. The van der Waals surface area contributed by atoms with Crippen molar-refractivity contribution in [3.63, 3.8) is 0 Å². The van der Waals surface area contributed by atoms with Crippen molar-refractivity contribution in [3.05, 3.63) is 34.3 Å². The van der Waals surface area contributed by atoms with Gasteiger partial charge in [0.2, 0.25) is 0 Å². The molecule has 2 nitrogen and oxygen atoms in total. The van der Waals surface area contributed by atoms with Crippen LogP contribution in [0.3, 0.4) is 0 Å². The predicted molar refractivity (Wildman–Crippen MR) is 88.6 cm³/mol. The van der Waals surface area contributed by atoms with E-state index in [9.17, 15) is 0 Å². The van der Waals surface area contributed by atoms with E-state index in [1.165, 1.54) is 48.6 Å². The Balaban J connectivity index is 1.53. The molecule has 3 aliphatic rings. The smallest absolute Gasteiger partial charge is 0.0471 e. The molecule has 21 heavy (non-hydrogen) atoms. The number of hydrogen-bond donors (Lipinski definition) is 1. The van der Waals surface area contributed by atoms with Crippen LogP contribution >= 0.6 is 15.9 Å². The normalized spacial score (nSPS) is 26.5. The Labute approximate surface area is 135 Å². The Hall–Kier alpha value is -0.380. The molecule has 1 spiro atoms. The van der Waals surface area contributed by atoms with E-state index in [1.807, 2.05) is 0 Å². The van der Waals surface area contributed by atoms with Gasteiger partial charge in [0, 0.05) is 35.7 Å². The Morgan fingerprint density at radius 1 is 1.10 bits per heavy atom. The fraction of sp³-hybridized carbons (Fsp3) is 0.667. The zero-order valence-corrected chi connectivity index (χ0v) is 14.1. The van der Waals surface area contributed by atoms with Crippen LogP contribution in [0.1, 0.15) is 44.1 Å². The van der Waals surface area contributed by atoms with Gasteiger partial charge in [0.15, 0.2) is 0 Å². The summed E-state index contributed by atoms with van der Waals surface area (Å²) < 4.78 is 6.75. The average molecular weight is 350 g/mol. The predicted octanol–water partition coefficient (Wildman–Crippen LogP) is 4.03. The van der Waals surface area contributed by atoms with Crippen LogP contribution in [-0.2, 0) is 10.2 Å². The van der Waals surface area contributed by atoms with Crippen molar-refractivity contribution in [2.24, 2.45) is 5.41 Å². The molecule has 0 aromatic heterocycles. The number of halogens is 1. The molecule has 1 aromatic carbocycles. The summed E-state index contributed by atoms with van der Waals surface area (Å²) in [5.41, 5.74) is 2.45. The Bertz CT molecular complexity index is 494. The largest absolute Gasteiger partial charge is 0.381 e. The van der Waals surface area contributed by atoms with Gasteiger partial charge >= 0.3 is 0 Å². The van der Waals surface area contributed by atoms with Gasteiger partial charge < -0.3 is 10.1 Å². The van der Waals surface area contributed by atoms with Gasteiger partial charge in [-0.3, -0.25) is 0 Å². The Morgan fingerprint density at radius 3 is 2.38 bits per heavy atom. The fourth-order valence-corrected chi connectivity index (χ4v) is 4.67. The first-order valence-corrected chi connectivity index (χ1v) is 9.06. The van der Waals surface area contributed by atoms with Gasteiger partial charge in [-0.1, -0.05) is 28.1 Å². The van der Waals surface area contributed by atoms with Crippen LogP contribution in [-0.4, -0.2) is 25.8 Å². The van der Waals surface area contributed by atoms with Gasteiger partial charge in [-0.05, 0) is 61.6 Å². The van der Waals surface area contributed by atoms with E-state index >= 15 is 0 Å². The summed E-state index contributed by atoms with van der Waals surface area (Å²) in [6, 6.07) is 9.84. The molecule has 0 atom stereocenters. The minimum Gasteiger partial charge on any atom is -0.381 e. The molecule has 4 rings (SSSR count). The molecule has 3 fully saturated rings. The topological polar surface area (TPSA) is 21.3 Å². The highest BCUT2D eigenvalue weighted by Crippen LogP contribution is 2.60. The van der Waals surface area contributed by atoms with Gasteiger partial charge in [-0.2, -0.15) is 0 Å². The van der Waals surface area contributed by atoms with E-state index in [0.717, 1.165) is 25.8 Å². The lowest BCUT2D eigenvalue weighted by Crippen LogP contribution is -2.56. The fourth-order valence-electron chi connectivity index (χ4n) is 4.40. The van der Waals surface area contributed by atoms with Crippen LogP contribution in [0.2, 0.25) is 0 Å². The Kier molecular flexibility index (Phi) is 3.63. The van der Waals surface area contributed by atoms with Crippen molar-refractivity contribution >= 4 is 15.9 Å². The van der Waals surface area contributed by atoms with Gasteiger partial charge in [-0.15, -0.1) is 0 Å². The van der Waals surface area contributed by atoms with Crippen molar-refractivity contribution in [2.75, 3.05) is 19.8 Å². The van der Waals surface area contributed by atoms with Crippen molar-refractivity contribution < 1.29 is 4.74 Å². The van der Waals surface area contributed by atoms with Gasteiger partial charge in [-0.25, -0.2) is 0 Å². The maximum Gasteiger partial charge on any atom is 0.0471 e. The highest BCUT2D eigenvalue weighted by Gasteiger charge is 2.55. The zero-order valence-electron chi connectivity index (χ0n) is 12.5. The summed E-state index contributed by atoms with van der Waals surface area (Å²) in [6.45, 7) is 3.08. The lowest BCUT2D eigenvalue weighted by Gasteiger charge is -2.58. The number of benzene rings is 1. The van der Waals surface area contributed by atoms with E-state index in [2.05, 4.69) is 45.5 Å². The first kappa shape index (κ1) is 14.2. The molecular weight excluding hydrogens is 326 g/mol. The molecule has 1 aromatic rings. The van der Waals surface area contributed by atoms with Crippen LogP contribution < -0.4 is 5.32 Å². The summed E-state index contributed by atoms with van der Waals surface area (Å²) in [5.74, 6) is 0. The average Bonchev–Trinajstić information content (AvgIpc) is 3.29. The first-order chi connectivity index (χ1) is 10.2. The molecule has 1 heterocycles. The third kappa shape index (κ3) is 2.80. The van der Waals surface area contributed by atoms with Crippen molar-refractivity contribution in [1.82, 2.24) is 5.32 Å². The van der Waals surface area contributed by atoms with Crippen molar-refractivity contribution in [2.45, 2.75) is 50.0 Å². The van der Waals surface area contributed by atoms with Gasteiger partial charge in [0.05, 0.1) is 0 Å². The lowest BCUT2D eigenvalue weighted by atomic mass is 9.48. The summed E-state index contributed by atoms with van der Waals surface area (Å²) in [6.07, 6.45) is 7.93. The summed E-state index contributed by atoms with van der Waals surface area (Å²) in [7, 11) is 0. The molecule has 2 saturated carbocycles. The molecule has 1 saturated heterocycles. The summed E-state index contributed by atoms with van der Waals surface area (Å²) in [4.78, 5) is 0. The third-order valence-electron chi connectivity index (χ3n) is 5.74. The standard InChI is InChI=1S/C18H24BrNO/c19-15-3-1-14(2-4-15)18(13-20-16-5-6-16)11-17(12-18)7-9-21-10-8-17/h1-4,16,20H,5-13H2. The molecule has 1 aliphatic heterocycles. The van der Waals surface area contributed by atoms with Crippen molar-refractivity contribution in [1.29, 1.82) is 0 Å². The molecule has 0 amide bonds. The van der Waals surface area contributed by atoms with E-state index < -0.39 is 0 Å². The molecule has 0 radical (unpaired) electrons. The number of hydrogen-bond acceptors (Lipinski definition) is 2. The monoisotopic (exact) mass is 349 g/mol. The second-order valence-electron chi connectivity index (χ2n) is 7.41. The highest BCUT2D eigenvalue weighted by atomic mass is 79.9. The molecule has 0 unspecified atom stereocenters. The quantitative estimate of drug-likeness (QED) is 0.885. The first-order valence-electron chi connectivity index (χ1n) is 8.27. The number of rotatable bonds is 4. The Morgan fingerprint density at radius 2 is 1.76 bits per heavy atom. The molecule has 0 bridgehead atoms. The van der Waals surface area contributed by atoms with Crippen LogP contribution in [0, 0.1) is 5.41 Å². The van der Waals surface area contributed by atoms with Crippen LogP contribution in [0.25, 0.3) is 0 Å². The van der Waals surface area contributed by atoms with E-state index in [0.29, 0.717) is 10.8 Å². The maximum atomic E-state index is 5.58. The number of nitrogens with one attached hydrogen (secondary N) is 1. The van der Waals surface area contributed by atoms with Crippen LogP contribution in [0.15, 0.2) is 28.7 Å². The maximum absolute atomic E-state index is 5.58. The molecule has 3 heteroatoms. The van der Waals surface area contributed by atoms with E-state index in [4.69, 9.17) is 4.74 Å². The SMILES string of the molecule is Brc1ccc(C2(CNC3CC3)CC3(CCOCC3)C2)cc1. The summed E-state index contributed by atoms with van der Waals surface area (Å²) in [5, 5.41) is 3.79.